The molecule has 2 aliphatic rings. The standard InChI is InChI=1S/C15H15F3N2O2/c16-15(17,18)12-1-2-13(11(7-12)8-19)20-4-6-22-14(9-20)3-5-21-10-14/h1-2,7H,3-6,9-10H2. The molecule has 0 bridgehead atoms. The molecule has 0 N–H and O–H groups in total. The van der Waals surface area contributed by atoms with Gasteiger partial charge in [-0.05, 0) is 18.2 Å². The number of nitrogens with zero attached hydrogens (tertiary/aromatic N) is 2. The quantitative estimate of drug-likeness (QED) is 0.799. The maximum absolute atomic E-state index is 12.8. The molecule has 3 rings (SSSR count). The molecule has 0 radical (unpaired) electrons. The fraction of sp³-hybridized carbons (Fsp3) is 0.533. The molecule has 2 heterocycles. The highest BCUT2D eigenvalue weighted by molar-refractivity contribution is 5.61. The van der Waals surface area contributed by atoms with Crippen molar-refractivity contribution in [2.45, 2.75) is 18.2 Å². The van der Waals surface area contributed by atoms with Crippen molar-refractivity contribution in [1.82, 2.24) is 0 Å². The summed E-state index contributed by atoms with van der Waals surface area (Å²) in [6.45, 7) is 2.63. The number of nitriles is 1. The van der Waals surface area contributed by atoms with E-state index in [0.29, 0.717) is 38.6 Å². The van der Waals surface area contributed by atoms with Gasteiger partial charge in [-0.2, -0.15) is 18.4 Å². The van der Waals surface area contributed by atoms with Crippen molar-refractivity contribution in [1.29, 1.82) is 5.26 Å². The molecule has 22 heavy (non-hydrogen) atoms. The van der Waals surface area contributed by atoms with Crippen molar-refractivity contribution in [3.8, 4) is 6.07 Å². The molecule has 1 aromatic rings. The predicted octanol–water partition coefficient (Wildman–Crippen LogP) is 2.57. The van der Waals surface area contributed by atoms with E-state index in [1.807, 2.05) is 11.0 Å². The van der Waals surface area contributed by atoms with Crippen molar-refractivity contribution in [2.24, 2.45) is 0 Å². The van der Waals surface area contributed by atoms with Crippen LogP contribution in [0.5, 0.6) is 0 Å². The van der Waals surface area contributed by atoms with E-state index in [2.05, 4.69) is 0 Å². The average molecular weight is 312 g/mol. The molecular formula is C15H15F3N2O2. The molecule has 2 aliphatic heterocycles. The van der Waals surface area contributed by atoms with Gasteiger partial charge >= 0.3 is 6.18 Å². The lowest BCUT2D eigenvalue weighted by Gasteiger charge is -2.41. The summed E-state index contributed by atoms with van der Waals surface area (Å²) in [5, 5.41) is 9.20. The Morgan fingerprint density at radius 3 is 2.73 bits per heavy atom. The highest BCUT2D eigenvalue weighted by Gasteiger charge is 2.41. The molecule has 7 heteroatoms. The van der Waals surface area contributed by atoms with E-state index in [9.17, 15) is 18.4 Å². The fourth-order valence-corrected chi connectivity index (χ4v) is 2.96. The minimum absolute atomic E-state index is 0.0331. The largest absolute Gasteiger partial charge is 0.416 e. The minimum atomic E-state index is -4.45. The van der Waals surface area contributed by atoms with Crippen LogP contribution >= 0.6 is 0 Å². The third kappa shape index (κ3) is 2.76. The van der Waals surface area contributed by atoms with Gasteiger partial charge in [0.15, 0.2) is 0 Å². The molecule has 2 saturated heterocycles. The van der Waals surface area contributed by atoms with Crippen LogP contribution in [0.3, 0.4) is 0 Å². The summed E-state index contributed by atoms with van der Waals surface area (Å²) >= 11 is 0. The van der Waals surface area contributed by atoms with Gasteiger partial charge < -0.3 is 14.4 Å². The smallest absolute Gasteiger partial charge is 0.378 e. The highest BCUT2D eigenvalue weighted by Crippen LogP contribution is 2.35. The van der Waals surface area contributed by atoms with Crippen molar-refractivity contribution < 1.29 is 22.6 Å². The second-order valence-electron chi connectivity index (χ2n) is 5.60. The molecule has 1 aromatic carbocycles. The van der Waals surface area contributed by atoms with Crippen LogP contribution in [0.1, 0.15) is 17.5 Å². The van der Waals surface area contributed by atoms with E-state index in [1.165, 1.54) is 6.07 Å². The summed E-state index contributed by atoms with van der Waals surface area (Å²) in [7, 11) is 0. The first-order valence-corrected chi connectivity index (χ1v) is 7.02. The summed E-state index contributed by atoms with van der Waals surface area (Å²) in [6, 6.07) is 5.16. The Labute approximate surface area is 126 Å². The van der Waals surface area contributed by atoms with Crippen LogP contribution in [0.25, 0.3) is 0 Å². The Kier molecular flexibility index (Phi) is 3.75. The van der Waals surface area contributed by atoms with Gasteiger partial charge in [-0.25, -0.2) is 0 Å². The van der Waals surface area contributed by atoms with Crippen LogP contribution in [-0.4, -0.2) is 38.5 Å². The van der Waals surface area contributed by atoms with E-state index in [0.717, 1.165) is 18.6 Å². The van der Waals surface area contributed by atoms with Crippen molar-refractivity contribution in [3.05, 3.63) is 29.3 Å². The average Bonchev–Trinajstić information content (AvgIpc) is 2.93. The van der Waals surface area contributed by atoms with Gasteiger partial charge in [0.2, 0.25) is 0 Å². The summed E-state index contributed by atoms with van der Waals surface area (Å²) in [5.41, 5.74) is -0.663. The number of anilines is 1. The molecule has 1 unspecified atom stereocenters. The number of rotatable bonds is 1. The Morgan fingerprint density at radius 1 is 1.27 bits per heavy atom. The van der Waals surface area contributed by atoms with Crippen LogP contribution < -0.4 is 4.90 Å². The first kappa shape index (κ1) is 15.1. The van der Waals surface area contributed by atoms with Crippen LogP contribution in [0.2, 0.25) is 0 Å². The normalized spacial score (nSPS) is 25.5. The Balaban J connectivity index is 1.89. The Morgan fingerprint density at radius 2 is 2.09 bits per heavy atom. The predicted molar refractivity (Wildman–Crippen MR) is 72.5 cm³/mol. The molecule has 118 valence electrons. The van der Waals surface area contributed by atoms with Gasteiger partial charge in [0.05, 0.1) is 30.0 Å². The fourth-order valence-electron chi connectivity index (χ4n) is 2.96. The molecule has 0 saturated carbocycles. The SMILES string of the molecule is N#Cc1cc(C(F)(F)F)ccc1N1CCOC2(CCOC2)C1. The first-order chi connectivity index (χ1) is 10.4. The molecule has 4 nitrogen and oxygen atoms in total. The molecule has 2 fully saturated rings. The summed E-state index contributed by atoms with van der Waals surface area (Å²) < 4.78 is 49.5. The van der Waals surface area contributed by atoms with Gasteiger partial charge in [0.1, 0.15) is 11.7 Å². The van der Waals surface area contributed by atoms with Crippen LogP contribution in [-0.2, 0) is 15.7 Å². The van der Waals surface area contributed by atoms with Crippen LogP contribution in [0.4, 0.5) is 18.9 Å². The Bertz CT molecular complexity index is 604. The third-order valence-electron chi connectivity index (χ3n) is 4.10. The maximum atomic E-state index is 12.8. The highest BCUT2D eigenvalue weighted by atomic mass is 19.4. The zero-order valence-corrected chi connectivity index (χ0v) is 11.8. The molecule has 0 aromatic heterocycles. The molecule has 1 atom stereocenters. The lowest BCUT2D eigenvalue weighted by atomic mass is 9.99. The van der Waals surface area contributed by atoms with Crippen LogP contribution in [0.15, 0.2) is 18.2 Å². The van der Waals surface area contributed by atoms with Gasteiger partial charge in [-0.1, -0.05) is 0 Å². The second kappa shape index (κ2) is 5.45. The lowest BCUT2D eigenvalue weighted by molar-refractivity contribution is -0.137. The van der Waals surface area contributed by atoms with E-state index in [4.69, 9.17) is 9.47 Å². The molecular weight excluding hydrogens is 297 g/mol. The van der Waals surface area contributed by atoms with Crippen LogP contribution in [0, 0.1) is 11.3 Å². The van der Waals surface area contributed by atoms with E-state index < -0.39 is 17.3 Å². The monoisotopic (exact) mass is 312 g/mol. The molecule has 0 aliphatic carbocycles. The first-order valence-electron chi connectivity index (χ1n) is 7.02. The van der Waals surface area contributed by atoms with E-state index in [1.54, 1.807) is 0 Å². The number of ether oxygens (including phenoxy) is 2. The lowest BCUT2D eigenvalue weighted by Crippen LogP contribution is -2.52. The number of morpholine rings is 1. The zero-order valence-electron chi connectivity index (χ0n) is 11.8. The zero-order chi connectivity index (χ0) is 15.8. The molecule has 1 spiro atoms. The summed E-state index contributed by atoms with van der Waals surface area (Å²) in [5.74, 6) is 0. The van der Waals surface area contributed by atoms with Crippen molar-refractivity contribution >= 4 is 5.69 Å². The number of halogens is 3. The topological polar surface area (TPSA) is 45.5 Å². The van der Waals surface area contributed by atoms with Crippen molar-refractivity contribution in [3.63, 3.8) is 0 Å². The number of hydrogen-bond donors (Lipinski definition) is 0. The number of hydrogen-bond acceptors (Lipinski definition) is 4. The third-order valence-corrected chi connectivity index (χ3v) is 4.10. The van der Waals surface area contributed by atoms with Gasteiger partial charge in [-0.3, -0.25) is 0 Å². The summed E-state index contributed by atoms with van der Waals surface area (Å²) in [4.78, 5) is 1.91. The van der Waals surface area contributed by atoms with Gasteiger partial charge in [0, 0.05) is 26.1 Å². The van der Waals surface area contributed by atoms with E-state index in [-0.39, 0.29) is 5.56 Å². The second-order valence-corrected chi connectivity index (χ2v) is 5.60. The number of alkyl halides is 3. The Hall–Kier alpha value is -1.78. The maximum Gasteiger partial charge on any atom is 0.416 e. The number of benzene rings is 1. The van der Waals surface area contributed by atoms with Crippen molar-refractivity contribution in [2.75, 3.05) is 37.8 Å². The van der Waals surface area contributed by atoms with Gasteiger partial charge in [-0.15, -0.1) is 0 Å². The summed E-state index contributed by atoms with van der Waals surface area (Å²) in [6.07, 6.45) is -3.69. The minimum Gasteiger partial charge on any atom is -0.378 e. The van der Waals surface area contributed by atoms with Gasteiger partial charge in [0.25, 0.3) is 0 Å². The molecule has 0 amide bonds. The van der Waals surface area contributed by atoms with E-state index >= 15 is 0 Å².